The zero-order valence-electron chi connectivity index (χ0n) is 13.4. The summed E-state index contributed by atoms with van der Waals surface area (Å²) in [6.07, 6.45) is 0.907. The Morgan fingerprint density at radius 1 is 1.26 bits per heavy atom. The van der Waals surface area contributed by atoms with Gasteiger partial charge in [-0.2, -0.15) is 5.10 Å². The van der Waals surface area contributed by atoms with Gasteiger partial charge in [-0.3, -0.25) is 4.90 Å². The van der Waals surface area contributed by atoms with Crippen molar-refractivity contribution in [3.63, 3.8) is 0 Å². The molecule has 0 radical (unpaired) electrons. The number of hydrogen-bond donors (Lipinski definition) is 0. The van der Waals surface area contributed by atoms with E-state index in [9.17, 15) is 4.39 Å². The molecule has 0 amide bonds. The molecular formula is C17H19FIN3O. The minimum absolute atomic E-state index is 0.135. The lowest BCUT2D eigenvalue weighted by atomic mass is 9.93. The number of rotatable bonds is 1. The van der Waals surface area contributed by atoms with E-state index < -0.39 is 0 Å². The van der Waals surface area contributed by atoms with Crippen molar-refractivity contribution in [3.8, 4) is 5.69 Å². The van der Waals surface area contributed by atoms with Gasteiger partial charge in [-0.1, -0.05) is 0 Å². The Kier molecular flexibility index (Phi) is 3.73. The molecule has 2 bridgehead atoms. The Balaban J connectivity index is 1.86. The van der Waals surface area contributed by atoms with Crippen molar-refractivity contribution in [2.24, 2.45) is 0 Å². The number of fused-ring (bicyclic) bond motifs is 4. The second-order valence-corrected chi connectivity index (χ2v) is 7.56. The van der Waals surface area contributed by atoms with E-state index in [1.165, 1.54) is 5.56 Å². The quantitative estimate of drug-likeness (QED) is 0.656. The first-order chi connectivity index (χ1) is 11.0. The molecule has 0 saturated carbocycles. The highest BCUT2D eigenvalue weighted by molar-refractivity contribution is 14.1. The average Bonchev–Trinajstić information content (AvgIpc) is 2.81. The Labute approximate surface area is 148 Å². The Morgan fingerprint density at radius 3 is 2.65 bits per heavy atom. The second kappa shape index (κ2) is 5.53. The molecule has 2 unspecified atom stereocenters. The summed E-state index contributed by atoms with van der Waals surface area (Å²) in [7, 11) is 2.17. The van der Waals surface area contributed by atoms with Crippen molar-refractivity contribution in [2.45, 2.75) is 32.4 Å². The molecule has 1 saturated heterocycles. The largest absolute Gasteiger partial charge is 0.378 e. The molecule has 6 heteroatoms. The van der Waals surface area contributed by atoms with E-state index in [1.54, 1.807) is 13.8 Å². The van der Waals surface area contributed by atoms with E-state index in [2.05, 4.69) is 34.5 Å². The zero-order valence-corrected chi connectivity index (χ0v) is 15.6. The molecule has 0 N–H and O–H groups in total. The monoisotopic (exact) mass is 427 g/mol. The maximum absolute atomic E-state index is 13.9. The molecule has 122 valence electrons. The first-order valence-electron chi connectivity index (χ1n) is 7.81. The number of ether oxygens (including phenoxy) is 1. The molecule has 2 atom stereocenters. The lowest BCUT2D eigenvalue weighted by molar-refractivity contribution is -0.0451. The summed E-state index contributed by atoms with van der Waals surface area (Å²) >= 11 is 2.36. The molecule has 4 rings (SSSR count). The molecule has 1 aromatic heterocycles. The summed E-state index contributed by atoms with van der Waals surface area (Å²) in [6.45, 7) is 5.08. The van der Waals surface area contributed by atoms with E-state index >= 15 is 0 Å². The van der Waals surface area contributed by atoms with Crippen LogP contribution < -0.4 is 0 Å². The van der Waals surface area contributed by atoms with Crippen LogP contribution in [0.3, 0.4) is 0 Å². The number of morpholine rings is 1. The number of likely N-dealkylation sites (N-methyl/N-ethyl adjacent to an activating group) is 1. The van der Waals surface area contributed by atoms with Gasteiger partial charge in [0.05, 0.1) is 30.6 Å². The fourth-order valence-electron chi connectivity index (χ4n) is 3.67. The summed E-state index contributed by atoms with van der Waals surface area (Å²) in [5.41, 5.74) is 4.67. The van der Waals surface area contributed by atoms with Crippen LogP contribution in [0.4, 0.5) is 4.39 Å². The molecule has 4 nitrogen and oxygen atoms in total. The highest BCUT2D eigenvalue weighted by Gasteiger charge is 2.39. The lowest BCUT2D eigenvalue weighted by Gasteiger charge is -2.42. The van der Waals surface area contributed by atoms with Crippen molar-refractivity contribution in [1.82, 2.24) is 14.7 Å². The van der Waals surface area contributed by atoms with Crippen LogP contribution in [0.25, 0.3) is 5.69 Å². The predicted octanol–water partition coefficient (Wildman–Crippen LogP) is 3.16. The number of aryl methyl sites for hydroxylation is 2. The molecule has 3 heterocycles. The molecule has 0 aliphatic carbocycles. The van der Waals surface area contributed by atoms with E-state index in [0.717, 1.165) is 28.1 Å². The Morgan fingerprint density at radius 2 is 1.96 bits per heavy atom. The van der Waals surface area contributed by atoms with Gasteiger partial charge in [-0.05, 0) is 66.7 Å². The van der Waals surface area contributed by atoms with Gasteiger partial charge in [0.15, 0.2) is 0 Å². The summed E-state index contributed by atoms with van der Waals surface area (Å²) in [4.78, 5) is 2.40. The molecule has 23 heavy (non-hydrogen) atoms. The van der Waals surface area contributed by atoms with Crippen LogP contribution in [0.2, 0.25) is 0 Å². The summed E-state index contributed by atoms with van der Waals surface area (Å²) in [5, 5.41) is 4.85. The van der Waals surface area contributed by atoms with Crippen LogP contribution in [0.5, 0.6) is 0 Å². The third-order valence-corrected chi connectivity index (χ3v) is 6.06. The summed E-state index contributed by atoms with van der Waals surface area (Å²) in [6, 6.07) is 4.41. The standard InChI is InChI=1S/C17H19FIN3O/c1-9-4-11(5-10(2)16(9)18)22-17(19)15-13(20-22)6-12-7-23-8-14(15)21(12)3/h4-5,12,14H,6-8H2,1-3H3. The van der Waals surface area contributed by atoms with Crippen molar-refractivity contribution in [1.29, 1.82) is 0 Å². The van der Waals surface area contributed by atoms with Crippen molar-refractivity contribution >= 4 is 22.6 Å². The Bertz CT molecular complexity index is 765. The summed E-state index contributed by atoms with van der Waals surface area (Å²) < 4.78 is 22.7. The van der Waals surface area contributed by atoms with E-state index in [-0.39, 0.29) is 11.9 Å². The van der Waals surface area contributed by atoms with Gasteiger partial charge < -0.3 is 4.74 Å². The number of aromatic nitrogens is 2. The summed E-state index contributed by atoms with van der Waals surface area (Å²) in [5.74, 6) is -0.135. The van der Waals surface area contributed by atoms with Gasteiger partial charge in [-0.15, -0.1) is 0 Å². The molecule has 0 spiro atoms. The predicted molar refractivity (Wildman–Crippen MR) is 94.5 cm³/mol. The van der Waals surface area contributed by atoms with Crippen LogP contribution in [0, 0.1) is 23.4 Å². The minimum atomic E-state index is -0.135. The van der Waals surface area contributed by atoms with Crippen molar-refractivity contribution in [2.75, 3.05) is 20.3 Å². The van der Waals surface area contributed by atoms with E-state index in [4.69, 9.17) is 9.84 Å². The fourth-order valence-corrected chi connectivity index (χ4v) is 4.72. The molecule has 1 fully saturated rings. The highest BCUT2D eigenvalue weighted by atomic mass is 127. The smallest absolute Gasteiger partial charge is 0.129 e. The number of benzene rings is 1. The third-order valence-electron chi connectivity index (χ3n) is 5.02. The highest BCUT2D eigenvalue weighted by Crippen LogP contribution is 2.38. The maximum atomic E-state index is 13.9. The average molecular weight is 427 g/mol. The van der Waals surface area contributed by atoms with Gasteiger partial charge in [0.1, 0.15) is 9.52 Å². The second-order valence-electron chi connectivity index (χ2n) is 6.53. The number of hydrogen-bond acceptors (Lipinski definition) is 3. The van der Waals surface area contributed by atoms with Crippen LogP contribution in [0.1, 0.15) is 28.4 Å². The molecule has 2 aliphatic heterocycles. The van der Waals surface area contributed by atoms with Crippen LogP contribution in [-0.2, 0) is 11.2 Å². The maximum Gasteiger partial charge on any atom is 0.129 e. The van der Waals surface area contributed by atoms with Gasteiger partial charge >= 0.3 is 0 Å². The lowest BCUT2D eigenvalue weighted by Crippen LogP contribution is -2.49. The first kappa shape index (κ1) is 15.5. The van der Waals surface area contributed by atoms with Gasteiger partial charge in [0, 0.05) is 18.0 Å². The van der Waals surface area contributed by atoms with Crippen LogP contribution >= 0.6 is 22.6 Å². The van der Waals surface area contributed by atoms with Crippen molar-refractivity contribution in [3.05, 3.63) is 44.0 Å². The minimum Gasteiger partial charge on any atom is -0.378 e. The molecule has 2 aromatic rings. The van der Waals surface area contributed by atoms with Gasteiger partial charge in [0.25, 0.3) is 0 Å². The van der Waals surface area contributed by atoms with Gasteiger partial charge in [-0.25, -0.2) is 9.07 Å². The van der Waals surface area contributed by atoms with Crippen LogP contribution in [0.15, 0.2) is 12.1 Å². The zero-order chi connectivity index (χ0) is 16.3. The van der Waals surface area contributed by atoms with E-state index in [0.29, 0.717) is 23.8 Å². The number of halogens is 2. The SMILES string of the molecule is Cc1cc(-n2nc3c(c2I)C2COCC(C3)N2C)cc(C)c1F. The molecular weight excluding hydrogens is 408 g/mol. The third kappa shape index (κ3) is 2.34. The van der Waals surface area contributed by atoms with E-state index in [1.807, 2.05) is 16.8 Å². The molecule has 1 aromatic carbocycles. The Hall–Kier alpha value is -0.990. The topological polar surface area (TPSA) is 30.3 Å². The first-order valence-corrected chi connectivity index (χ1v) is 8.89. The van der Waals surface area contributed by atoms with Gasteiger partial charge in [0.2, 0.25) is 0 Å². The number of nitrogens with zero attached hydrogens (tertiary/aromatic N) is 3. The van der Waals surface area contributed by atoms with Crippen molar-refractivity contribution < 1.29 is 9.13 Å². The normalized spacial score (nSPS) is 23.9. The van der Waals surface area contributed by atoms with Crippen LogP contribution in [-0.4, -0.2) is 41.0 Å². The fraction of sp³-hybridized carbons (Fsp3) is 0.471. The molecule has 2 aliphatic rings.